The molecule has 4 aromatic carbocycles. The average molecular weight is 405 g/mol. The fourth-order valence-electron chi connectivity index (χ4n) is 4.89. The van der Waals surface area contributed by atoms with E-state index in [0.29, 0.717) is 0 Å². The zero-order valence-electron chi connectivity index (χ0n) is 15.6. The lowest BCUT2D eigenvalue weighted by Gasteiger charge is -2.09. The van der Waals surface area contributed by atoms with Gasteiger partial charge in [-0.15, -0.1) is 22.7 Å². The number of benzene rings is 4. The first kappa shape index (κ1) is 15.9. The van der Waals surface area contributed by atoms with Gasteiger partial charge in [-0.25, -0.2) is 0 Å². The lowest BCUT2D eigenvalue weighted by molar-refractivity contribution is 1.31. The van der Waals surface area contributed by atoms with Crippen molar-refractivity contribution in [2.45, 2.75) is 6.42 Å². The quantitative estimate of drug-likeness (QED) is 0.257. The zero-order chi connectivity index (χ0) is 18.9. The third-order valence-corrected chi connectivity index (χ3v) is 8.09. The minimum Gasteiger partial charge on any atom is -0.144 e. The van der Waals surface area contributed by atoms with E-state index < -0.39 is 0 Å². The minimum absolute atomic E-state index is 1.04. The van der Waals surface area contributed by atoms with Crippen molar-refractivity contribution in [1.82, 2.24) is 0 Å². The first-order valence-electron chi connectivity index (χ1n) is 9.88. The Balaban J connectivity index is 1.40. The van der Waals surface area contributed by atoms with E-state index >= 15 is 0 Å². The molecule has 136 valence electrons. The molecule has 2 aromatic heterocycles. The van der Waals surface area contributed by atoms with Crippen LogP contribution in [0.25, 0.3) is 53.2 Å². The predicted molar refractivity (Wildman–Crippen MR) is 128 cm³/mol. The normalized spacial score (nSPS) is 12.7. The van der Waals surface area contributed by atoms with Gasteiger partial charge in [-0.3, -0.25) is 0 Å². The summed E-state index contributed by atoms with van der Waals surface area (Å²) in [5, 5.41) is 9.86. The number of fused-ring (bicyclic) bond motifs is 8. The van der Waals surface area contributed by atoms with Gasteiger partial charge in [-0.05, 0) is 109 Å². The van der Waals surface area contributed by atoms with Gasteiger partial charge in [0.15, 0.2) is 0 Å². The monoisotopic (exact) mass is 404 g/mol. The SMILES string of the molecule is c1cc2cc(-c3ccc4c5c(ccc4c3)-c3ccc4sccc4c3C5)ccc2s1. The van der Waals surface area contributed by atoms with Crippen molar-refractivity contribution in [3.8, 4) is 22.3 Å². The van der Waals surface area contributed by atoms with Gasteiger partial charge < -0.3 is 0 Å². The summed E-state index contributed by atoms with van der Waals surface area (Å²) in [7, 11) is 0. The molecule has 0 saturated heterocycles. The summed E-state index contributed by atoms with van der Waals surface area (Å²) in [5.41, 5.74) is 8.39. The van der Waals surface area contributed by atoms with Crippen LogP contribution in [-0.4, -0.2) is 0 Å². The molecule has 0 spiro atoms. The molecule has 0 nitrogen and oxygen atoms in total. The molecule has 1 aliphatic rings. The molecule has 0 radical (unpaired) electrons. The Labute approximate surface area is 176 Å². The number of hydrogen-bond acceptors (Lipinski definition) is 2. The first-order chi connectivity index (χ1) is 14.3. The molecule has 1 aliphatic carbocycles. The summed E-state index contributed by atoms with van der Waals surface area (Å²) in [6.45, 7) is 0. The van der Waals surface area contributed by atoms with Crippen LogP contribution in [0, 0.1) is 0 Å². The maximum atomic E-state index is 2.35. The summed E-state index contributed by atoms with van der Waals surface area (Å²) in [6.07, 6.45) is 1.04. The molecule has 2 heterocycles. The standard InChI is InChI=1S/C27H16S2/c1-4-20-18(13-16(1)17-3-7-26-19(14-17)9-11-28-26)2-5-21-22-6-8-27-23(10-12-29-27)25(22)15-24(20)21/h1-14H,15H2. The molecule has 0 aliphatic heterocycles. The van der Waals surface area contributed by atoms with E-state index in [0.717, 1.165) is 6.42 Å². The van der Waals surface area contributed by atoms with Gasteiger partial charge >= 0.3 is 0 Å². The Kier molecular flexibility index (Phi) is 3.18. The van der Waals surface area contributed by atoms with Crippen molar-refractivity contribution in [2.75, 3.05) is 0 Å². The van der Waals surface area contributed by atoms with Crippen LogP contribution in [0.1, 0.15) is 11.1 Å². The second-order valence-electron chi connectivity index (χ2n) is 7.80. The molecule has 0 saturated carbocycles. The highest BCUT2D eigenvalue weighted by atomic mass is 32.1. The minimum atomic E-state index is 1.04. The van der Waals surface area contributed by atoms with E-state index in [1.807, 2.05) is 11.3 Å². The van der Waals surface area contributed by atoms with Crippen LogP contribution in [-0.2, 0) is 6.42 Å². The fourth-order valence-corrected chi connectivity index (χ4v) is 6.47. The molecule has 0 bridgehead atoms. The summed E-state index contributed by atoms with van der Waals surface area (Å²) in [5.74, 6) is 0. The van der Waals surface area contributed by atoms with Gasteiger partial charge in [0, 0.05) is 9.40 Å². The zero-order valence-corrected chi connectivity index (χ0v) is 17.2. The third kappa shape index (κ3) is 2.24. The number of hydrogen-bond donors (Lipinski definition) is 0. The van der Waals surface area contributed by atoms with E-state index in [-0.39, 0.29) is 0 Å². The Bertz CT molecular complexity index is 1580. The summed E-state index contributed by atoms with van der Waals surface area (Å²) in [6, 6.07) is 27.5. The highest BCUT2D eigenvalue weighted by Crippen LogP contribution is 2.44. The van der Waals surface area contributed by atoms with E-state index in [1.54, 1.807) is 11.3 Å². The molecule has 0 amide bonds. The Morgan fingerprint density at radius 3 is 2.14 bits per heavy atom. The molecule has 29 heavy (non-hydrogen) atoms. The van der Waals surface area contributed by atoms with E-state index in [1.165, 1.54) is 64.3 Å². The second kappa shape index (κ2) is 5.79. The maximum absolute atomic E-state index is 2.35. The molecule has 0 fully saturated rings. The van der Waals surface area contributed by atoms with Crippen LogP contribution >= 0.6 is 22.7 Å². The predicted octanol–water partition coefficient (Wildman–Crippen LogP) is 8.51. The topological polar surface area (TPSA) is 0 Å². The highest BCUT2D eigenvalue weighted by molar-refractivity contribution is 7.17. The van der Waals surface area contributed by atoms with Gasteiger partial charge in [0.25, 0.3) is 0 Å². The van der Waals surface area contributed by atoms with Gasteiger partial charge in [-0.1, -0.05) is 36.4 Å². The smallest absolute Gasteiger partial charge is 0.0346 e. The largest absolute Gasteiger partial charge is 0.144 e. The van der Waals surface area contributed by atoms with Crippen LogP contribution in [0.15, 0.2) is 83.6 Å². The van der Waals surface area contributed by atoms with Crippen LogP contribution in [0.5, 0.6) is 0 Å². The summed E-state index contributed by atoms with van der Waals surface area (Å²) < 4.78 is 2.75. The molecule has 0 N–H and O–H groups in total. The van der Waals surface area contributed by atoms with Gasteiger partial charge in [0.2, 0.25) is 0 Å². The van der Waals surface area contributed by atoms with Gasteiger partial charge in [0.1, 0.15) is 0 Å². The molecule has 0 unspecified atom stereocenters. The second-order valence-corrected chi connectivity index (χ2v) is 9.70. The van der Waals surface area contributed by atoms with Crippen molar-refractivity contribution in [3.05, 3.63) is 94.7 Å². The van der Waals surface area contributed by atoms with Crippen LogP contribution in [0.2, 0.25) is 0 Å². The molecule has 6 aromatic rings. The Morgan fingerprint density at radius 1 is 0.517 bits per heavy atom. The molecule has 2 heteroatoms. The fraction of sp³-hybridized carbons (Fsp3) is 0.0370. The highest BCUT2D eigenvalue weighted by Gasteiger charge is 2.22. The Morgan fingerprint density at radius 2 is 1.21 bits per heavy atom. The van der Waals surface area contributed by atoms with Crippen LogP contribution in [0.4, 0.5) is 0 Å². The third-order valence-electron chi connectivity index (χ3n) is 6.31. The Hall–Kier alpha value is -2.94. The molecular weight excluding hydrogens is 388 g/mol. The van der Waals surface area contributed by atoms with Gasteiger partial charge in [0.05, 0.1) is 0 Å². The number of thiophene rings is 2. The molecular formula is C27H16S2. The molecule has 0 atom stereocenters. The van der Waals surface area contributed by atoms with Gasteiger partial charge in [-0.2, -0.15) is 0 Å². The van der Waals surface area contributed by atoms with Crippen molar-refractivity contribution in [3.63, 3.8) is 0 Å². The lowest BCUT2D eigenvalue weighted by atomic mass is 9.95. The van der Waals surface area contributed by atoms with E-state index in [4.69, 9.17) is 0 Å². The van der Waals surface area contributed by atoms with E-state index in [9.17, 15) is 0 Å². The van der Waals surface area contributed by atoms with Crippen molar-refractivity contribution in [2.24, 2.45) is 0 Å². The van der Waals surface area contributed by atoms with Crippen molar-refractivity contribution >= 4 is 53.6 Å². The van der Waals surface area contributed by atoms with Crippen LogP contribution in [0.3, 0.4) is 0 Å². The lowest BCUT2D eigenvalue weighted by Crippen LogP contribution is -1.86. The van der Waals surface area contributed by atoms with E-state index in [2.05, 4.69) is 83.6 Å². The van der Waals surface area contributed by atoms with Crippen LogP contribution < -0.4 is 0 Å². The average Bonchev–Trinajstić information content (AvgIpc) is 3.49. The van der Waals surface area contributed by atoms with Crippen molar-refractivity contribution in [1.29, 1.82) is 0 Å². The molecule has 7 rings (SSSR count). The summed E-state index contributed by atoms with van der Waals surface area (Å²) >= 11 is 3.64. The van der Waals surface area contributed by atoms with Crippen molar-refractivity contribution < 1.29 is 0 Å². The first-order valence-corrected chi connectivity index (χ1v) is 11.6. The summed E-state index contributed by atoms with van der Waals surface area (Å²) in [4.78, 5) is 0. The maximum Gasteiger partial charge on any atom is 0.0346 e. The number of rotatable bonds is 1.